The number of fused-ring (bicyclic) bond motifs is 1. The highest BCUT2D eigenvalue weighted by Crippen LogP contribution is 2.26. The first-order valence-electron chi connectivity index (χ1n) is 13.1. The number of aromatic nitrogens is 1. The van der Waals surface area contributed by atoms with E-state index in [2.05, 4.69) is 54.5 Å². The van der Waals surface area contributed by atoms with Crippen LogP contribution in [0.3, 0.4) is 0 Å². The highest BCUT2D eigenvalue weighted by molar-refractivity contribution is 7.90. The van der Waals surface area contributed by atoms with E-state index in [0.29, 0.717) is 24.3 Å². The lowest BCUT2D eigenvalue weighted by Crippen LogP contribution is -2.41. The standard InChI is InChI=1S/C10H9NO2.C8H14N2O.C4H7NO3S.C2H6.C2H4.2C2H2/c1-13-8-2-3-9-7(6-8)4-5-11-10(9)12;11-8(10-6-3-4-6)7-2-1-5-9-7;6-3-5-9(7,8)4-1-2-4;4*1-2/h2-6H,1H3,(H,11,12);6-7,9H,1-5H2,(H,10,11);3-4H,1-2H2,(H,5,6);1-2H3;1-2H2;2*1-2H/t;7-;;;;;/m.0...../s1. The number of rotatable bonds is 6. The molecule has 1 aromatic heterocycles. The normalized spacial score (nSPS) is 15.9. The van der Waals surface area contributed by atoms with Crippen molar-refractivity contribution >= 4 is 33.1 Å². The van der Waals surface area contributed by atoms with Gasteiger partial charge in [-0.05, 0) is 74.7 Å². The zero-order valence-corrected chi connectivity index (χ0v) is 25.0. The number of hydrogen-bond donors (Lipinski definition) is 4. The van der Waals surface area contributed by atoms with Crippen LogP contribution < -0.4 is 25.7 Å². The molecule has 1 atom stereocenters. The molecule has 11 heteroatoms. The number of sulfonamides is 1. The van der Waals surface area contributed by atoms with Crippen molar-refractivity contribution in [3.63, 3.8) is 0 Å². The average Bonchev–Trinajstić information content (AvgIpc) is 3.97. The van der Waals surface area contributed by atoms with Crippen molar-refractivity contribution in [2.45, 2.75) is 69.7 Å². The monoisotopic (exact) mass is 588 g/mol. The summed E-state index contributed by atoms with van der Waals surface area (Å²) in [4.78, 5) is 34.9. The summed E-state index contributed by atoms with van der Waals surface area (Å²) in [5.41, 5.74) is -0.0693. The van der Waals surface area contributed by atoms with Crippen molar-refractivity contribution < 1.29 is 22.7 Å². The van der Waals surface area contributed by atoms with Gasteiger partial charge in [-0.25, -0.2) is 8.42 Å². The van der Waals surface area contributed by atoms with Crippen LogP contribution >= 0.6 is 0 Å². The second kappa shape index (κ2) is 22.7. The maximum atomic E-state index is 11.3. The van der Waals surface area contributed by atoms with Crippen molar-refractivity contribution in [3.05, 3.63) is 54.0 Å². The van der Waals surface area contributed by atoms with Crippen molar-refractivity contribution in [1.29, 1.82) is 0 Å². The molecule has 1 aromatic carbocycles. The molecule has 1 saturated heterocycles. The summed E-state index contributed by atoms with van der Waals surface area (Å²) in [6.07, 6.45) is 23.7. The molecule has 3 aliphatic rings. The van der Waals surface area contributed by atoms with Gasteiger partial charge in [0.05, 0.1) is 18.4 Å². The molecule has 2 aliphatic carbocycles. The smallest absolute Gasteiger partial charge is 0.255 e. The number of carbonyl (C=O) groups excluding carboxylic acids is 2. The van der Waals surface area contributed by atoms with E-state index in [9.17, 15) is 22.8 Å². The third-order valence-corrected chi connectivity index (χ3v) is 7.23. The first-order valence-corrected chi connectivity index (χ1v) is 14.7. The van der Waals surface area contributed by atoms with Gasteiger partial charge in [-0.15, -0.1) is 38.9 Å². The van der Waals surface area contributed by atoms with E-state index in [-0.39, 0.29) is 29.2 Å². The van der Waals surface area contributed by atoms with Crippen LogP contribution in [0.2, 0.25) is 0 Å². The fraction of sp³-hybridized carbons (Fsp3) is 0.433. The van der Waals surface area contributed by atoms with Crippen molar-refractivity contribution in [3.8, 4) is 31.4 Å². The van der Waals surface area contributed by atoms with Crippen molar-refractivity contribution in [2.24, 2.45) is 0 Å². The number of aromatic amines is 1. The molecule has 0 radical (unpaired) electrons. The minimum absolute atomic E-state index is 0.0693. The average molecular weight is 589 g/mol. The van der Waals surface area contributed by atoms with E-state index in [1.54, 1.807) is 30.2 Å². The lowest BCUT2D eigenvalue weighted by Gasteiger charge is -2.09. The van der Waals surface area contributed by atoms with Crippen molar-refractivity contribution in [2.75, 3.05) is 13.7 Å². The summed E-state index contributed by atoms with van der Waals surface area (Å²) in [6, 6.07) is 7.83. The molecule has 5 rings (SSSR count). The van der Waals surface area contributed by atoms with Crippen LogP contribution in [-0.2, 0) is 19.6 Å². The van der Waals surface area contributed by atoms with Crippen LogP contribution in [0.4, 0.5) is 0 Å². The lowest BCUT2D eigenvalue weighted by atomic mass is 10.2. The van der Waals surface area contributed by atoms with Crippen LogP contribution in [-0.4, -0.2) is 56.7 Å². The number of amides is 2. The summed E-state index contributed by atoms with van der Waals surface area (Å²) in [5.74, 6) is 0.975. The molecule has 2 aromatic rings. The molecule has 3 fully saturated rings. The third kappa shape index (κ3) is 15.3. The topological polar surface area (TPSA) is 146 Å². The van der Waals surface area contributed by atoms with Crippen LogP contribution in [0.15, 0.2) is 48.4 Å². The van der Waals surface area contributed by atoms with Gasteiger partial charge in [0.2, 0.25) is 22.3 Å². The Morgan fingerprint density at radius 1 is 1.05 bits per heavy atom. The van der Waals surface area contributed by atoms with E-state index in [1.165, 1.54) is 12.8 Å². The van der Waals surface area contributed by atoms with Gasteiger partial charge in [0.15, 0.2) is 0 Å². The Balaban J connectivity index is 0. The maximum absolute atomic E-state index is 11.3. The molecule has 0 unspecified atom stereocenters. The number of pyridine rings is 1. The second-order valence-corrected chi connectivity index (χ2v) is 10.2. The van der Waals surface area contributed by atoms with Gasteiger partial charge in [0.25, 0.3) is 5.56 Å². The second-order valence-electron chi connectivity index (χ2n) is 8.17. The molecule has 2 amide bonds. The summed E-state index contributed by atoms with van der Waals surface area (Å²) in [5, 5.41) is 7.44. The molecule has 0 spiro atoms. The number of H-pyrrole nitrogens is 1. The Morgan fingerprint density at radius 2 is 1.66 bits per heavy atom. The third-order valence-electron chi connectivity index (χ3n) is 5.46. The van der Waals surface area contributed by atoms with E-state index in [1.807, 2.05) is 26.0 Å². The van der Waals surface area contributed by atoms with Gasteiger partial charge < -0.3 is 20.4 Å². The lowest BCUT2D eigenvalue weighted by molar-refractivity contribution is -0.122. The van der Waals surface area contributed by atoms with E-state index < -0.39 is 10.0 Å². The first kappa shape index (κ1) is 39.1. The SMILES string of the molecule is C#C.C#C.C=C.CC.COc1ccc2c(=O)[nH]ccc2c1.O=C(NC1CC1)[C@@H]1CCCN1.O=CNS(=O)(=O)C1CC1. The molecule has 1 aliphatic heterocycles. The summed E-state index contributed by atoms with van der Waals surface area (Å²) in [7, 11) is -1.65. The number of hydrogen-bond acceptors (Lipinski definition) is 7. The first-order chi connectivity index (χ1) is 19.8. The Morgan fingerprint density at radius 3 is 2.12 bits per heavy atom. The zero-order chi connectivity index (χ0) is 31.8. The molecule has 2 saturated carbocycles. The van der Waals surface area contributed by atoms with Gasteiger partial charge in [0, 0.05) is 17.6 Å². The minimum Gasteiger partial charge on any atom is -0.497 e. The van der Waals surface area contributed by atoms with Gasteiger partial charge in [-0.1, -0.05) is 13.8 Å². The number of terminal acetylenes is 2. The molecule has 2 heterocycles. The highest BCUT2D eigenvalue weighted by Gasteiger charge is 2.35. The van der Waals surface area contributed by atoms with Gasteiger partial charge >= 0.3 is 0 Å². The molecule has 226 valence electrons. The minimum atomic E-state index is -3.26. The van der Waals surface area contributed by atoms with Gasteiger partial charge in [-0.2, -0.15) is 0 Å². The Bertz CT molecular complexity index is 1220. The summed E-state index contributed by atoms with van der Waals surface area (Å²) < 4.78 is 28.1. The predicted octanol–water partition coefficient (Wildman–Crippen LogP) is 3.11. The van der Waals surface area contributed by atoms with Gasteiger partial charge in [-0.3, -0.25) is 19.1 Å². The van der Waals surface area contributed by atoms with E-state index in [4.69, 9.17) is 4.74 Å². The zero-order valence-electron chi connectivity index (χ0n) is 24.2. The quantitative estimate of drug-likeness (QED) is 0.230. The molecule has 10 nitrogen and oxygen atoms in total. The largest absolute Gasteiger partial charge is 0.497 e. The maximum Gasteiger partial charge on any atom is 0.255 e. The summed E-state index contributed by atoms with van der Waals surface area (Å²) >= 11 is 0. The molecular weight excluding hydrogens is 544 g/mol. The van der Waals surface area contributed by atoms with Gasteiger partial charge in [0.1, 0.15) is 5.75 Å². The molecule has 41 heavy (non-hydrogen) atoms. The number of benzene rings is 1. The van der Waals surface area contributed by atoms with E-state index >= 15 is 0 Å². The van der Waals surface area contributed by atoms with Crippen molar-refractivity contribution in [1.82, 2.24) is 20.3 Å². The number of nitrogens with one attached hydrogen (secondary N) is 4. The molecule has 0 bridgehead atoms. The number of carbonyl (C=O) groups is 2. The Kier molecular flexibility index (Phi) is 21.7. The molecule has 4 N–H and O–H groups in total. The Hall–Kier alpha value is -4.06. The van der Waals surface area contributed by atoms with Crippen LogP contribution in [0.1, 0.15) is 52.4 Å². The predicted molar refractivity (Wildman–Crippen MR) is 167 cm³/mol. The van der Waals surface area contributed by atoms with E-state index in [0.717, 1.165) is 30.5 Å². The summed E-state index contributed by atoms with van der Waals surface area (Å²) in [6.45, 7) is 11.0. The number of ether oxygens (including phenoxy) is 1. The Labute approximate surface area is 244 Å². The van der Waals surface area contributed by atoms with Crippen LogP contribution in [0, 0.1) is 25.7 Å². The fourth-order valence-corrected chi connectivity index (χ4v) is 4.36. The van der Waals surface area contributed by atoms with Crippen LogP contribution in [0.5, 0.6) is 5.75 Å². The highest BCUT2D eigenvalue weighted by atomic mass is 32.2. The fourth-order valence-electron chi connectivity index (χ4n) is 3.28. The molecular formula is C30H44N4O6S. The number of methoxy groups -OCH3 is 1. The van der Waals surface area contributed by atoms with Crippen LogP contribution in [0.25, 0.3) is 10.8 Å².